The van der Waals surface area contributed by atoms with Crippen LogP contribution in [0.25, 0.3) is 22.9 Å². The van der Waals surface area contributed by atoms with Crippen molar-refractivity contribution in [2.45, 2.75) is 6.92 Å². The number of aryl methyl sites for hydroxylation is 1. The van der Waals surface area contributed by atoms with E-state index in [-0.39, 0.29) is 0 Å². The molecule has 23 heavy (non-hydrogen) atoms. The van der Waals surface area contributed by atoms with Gasteiger partial charge in [-0.3, -0.25) is 0 Å². The number of rotatable bonds is 4. The molecule has 0 saturated carbocycles. The van der Waals surface area contributed by atoms with Crippen molar-refractivity contribution >= 4 is 34.3 Å². The first-order valence-corrected chi connectivity index (χ1v) is 8.68. The topological polar surface area (TPSA) is 45.9 Å². The summed E-state index contributed by atoms with van der Waals surface area (Å²) in [7, 11) is 1.65. The van der Waals surface area contributed by atoms with Crippen LogP contribution >= 0.6 is 22.7 Å². The van der Waals surface area contributed by atoms with Gasteiger partial charge < -0.3 is 4.74 Å². The van der Waals surface area contributed by atoms with Crippen molar-refractivity contribution in [2.24, 2.45) is 0 Å². The first-order valence-electron chi connectivity index (χ1n) is 6.98. The molecule has 0 spiro atoms. The van der Waals surface area contributed by atoms with Crippen molar-refractivity contribution in [1.82, 2.24) is 4.98 Å². The fraction of sp³-hybridized carbons (Fsp3) is 0.111. The van der Waals surface area contributed by atoms with Gasteiger partial charge in [-0.1, -0.05) is 0 Å². The van der Waals surface area contributed by atoms with Gasteiger partial charge in [-0.05, 0) is 49.4 Å². The third kappa shape index (κ3) is 3.50. The molecule has 5 heteroatoms. The van der Waals surface area contributed by atoms with E-state index < -0.39 is 0 Å². The van der Waals surface area contributed by atoms with E-state index in [1.165, 1.54) is 16.2 Å². The Balaban J connectivity index is 1.90. The molecule has 0 aliphatic carbocycles. The lowest BCUT2D eigenvalue weighted by Gasteiger charge is -2.00. The fourth-order valence-corrected chi connectivity index (χ4v) is 3.72. The molecule has 0 atom stereocenters. The molecule has 0 aliphatic rings. The number of hydrogen-bond donors (Lipinski definition) is 0. The molecule has 2 heterocycles. The van der Waals surface area contributed by atoms with Gasteiger partial charge in [-0.15, -0.1) is 22.7 Å². The van der Waals surface area contributed by atoms with Crippen LogP contribution in [-0.4, -0.2) is 12.1 Å². The molecule has 3 aromatic rings. The lowest BCUT2D eigenvalue weighted by Crippen LogP contribution is -1.84. The summed E-state index contributed by atoms with van der Waals surface area (Å²) in [5, 5.41) is 12.1. The predicted molar refractivity (Wildman–Crippen MR) is 96.6 cm³/mol. The first-order chi connectivity index (χ1) is 11.2. The fourth-order valence-electron chi connectivity index (χ4n) is 2.11. The highest BCUT2D eigenvalue weighted by Crippen LogP contribution is 2.29. The number of nitrogens with zero attached hydrogens (tertiary/aromatic N) is 2. The quantitative estimate of drug-likeness (QED) is 0.610. The summed E-state index contributed by atoms with van der Waals surface area (Å²) in [4.78, 5) is 6.90. The molecule has 0 unspecified atom stereocenters. The second-order valence-corrected chi connectivity index (χ2v) is 7.06. The smallest absolute Gasteiger partial charge is 0.134 e. The van der Waals surface area contributed by atoms with Crippen LogP contribution in [0.2, 0.25) is 0 Å². The van der Waals surface area contributed by atoms with Crippen LogP contribution in [0.1, 0.15) is 14.8 Å². The van der Waals surface area contributed by atoms with Gasteiger partial charge in [-0.2, -0.15) is 5.26 Å². The van der Waals surface area contributed by atoms with Gasteiger partial charge in [-0.25, -0.2) is 4.98 Å². The highest BCUT2D eigenvalue weighted by Gasteiger charge is 2.09. The maximum absolute atomic E-state index is 9.43. The molecular weight excluding hydrogens is 324 g/mol. The van der Waals surface area contributed by atoms with E-state index in [4.69, 9.17) is 4.74 Å². The maximum atomic E-state index is 9.43. The van der Waals surface area contributed by atoms with Crippen molar-refractivity contribution in [3.05, 3.63) is 56.5 Å². The van der Waals surface area contributed by atoms with Crippen LogP contribution in [0, 0.1) is 18.3 Å². The van der Waals surface area contributed by atoms with Crippen LogP contribution in [0.5, 0.6) is 5.75 Å². The standard InChI is InChI=1S/C18H14N2OS2/c1-12-3-8-16(23-12)9-14(10-19)18-20-17(11-22-18)13-4-6-15(21-2)7-5-13/h3-9,11H,1-2H3. The molecule has 3 rings (SSSR count). The van der Waals surface area contributed by atoms with Crippen molar-refractivity contribution in [1.29, 1.82) is 5.26 Å². The van der Waals surface area contributed by atoms with Crippen LogP contribution in [0.4, 0.5) is 0 Å². The number of benzene rings is 1. The lowest BCUT2D eigenvalue weighted by molar-refractivity contribution is 0.415. The zero-order valence-corrected chi connectivity index (χ0v) is 14.4. The zero-order valence-electron chi connectivity index (χ0n) is 12.7. The van der Waals surface area contributed by atoms with Crippen LogP contribution in [0.15, 0.2) is 41.8 Å². The Kier molecular flexibility index (Phi) is 4.56. The summed E-state index contributed by atoms with van der Waals surface area (Å²) in [5.74, 6) is 0.815. The summed E-state index contributed by atoms with van der Waals surface area (Å²) in [6.45, 7) is 2.05. The van der Waals surface area contributed by atoms with Gasteiger partial charge in [0.15, 0.2) is 0 Å². The minimum Gasteiger partial charge on any atom is -0.497 e. The average Bonchev–Trinajstić information content (AvgIpc) is 3.22. The second kappa shape index (κ2) is 6.78. The highest BCUT2D eigenvalue weighted by molar-refractivity contribution is 7.13. The maximum Gasteiger partial charge on any atom is 0.134 e. The Bertz CT molecular complexity index is 882. The number of ether oxygens (including phenoxy) is 1. The molecule has 0 bridgehead atoms. The molecule has 0 aliphatic heterocycles. The molecule has 3 nitrogen and oxygen atoms in total. The Hall–Kier alpha value is -2.42. The number of allylic oxidation sites excluding steroid dienone is 1. The predicted octanol–water partition coefficient (Wildman–Crippen LogP) is 5.25. The SMILES string of the molecule is COc1ccc(-c2csc(C(C#N)=Cc3ccc(C)s3)n2)cc1. The number of aromatic nitrogens is 1. The third-order valence-electron chi connectivity index (χ3n) is 3.29. The molecule has 114 valence electrons. The summed E-state index contributed by atoms with van der Waals surface area (Å²) < 4.78 is 5.17. The van der Waals surface area contributed by atoms with E-state index in [1.54, 1.807) is 18.4 Å². The molecule has 0 fully saturated rings. The van der Waals surface area contributed by atoms with E-state index in [0.29, 0.717) is 5.57 Å². The summed E-state index contributed by atoms with van der Waals surface area (Å²) in [6.07, 6.45) is 1.90. The first kappa shape index (κ1) is 15.5. The van der Waals surface area contributed by atoms with Crippen molar-refractivity contribution < 1.29 is 4.74 Å². The van der Waals surface area contributed by atoms with Gasteiger partial charge in [0.1, 0.15) is 16.8 Å². The third-order valence-corrected chi connectivity index (χ3v) is 5.11. The van der Waals surface area contributed by atoms with Gasteiger partial charge >= 0.3 is 0 Å². The summed E-state index contributed by atoms with van der Waals surface area (Å²) >= 11 is 3.15. The van der Waals surface area contributed by atoms with E-state index in [1.807, 2.05) is 41.8 Å². The Morgan fingerprint density at radius 2 is 2.00 bits per heavy atom. The molecule has 1 aromatic carbocycles. The van der Waals surface area contributed by atoms with E-state index in [2.05, 4.69) is 24.0 Å². The van der Waals surface area contributed by atoms with Gasteiger partial charge in [0.25, 0.3) is 0 Å². The minimum absolute atomic E-state index is 0.594. The van der Waals surface area contributed by atoms with Crippen molar-refractivity contribution in [2.75, 3.05) is 7.11 Å². The Morgan fingerprint density at radius 3 is 2.61 bits per heavy atom. The van der Waals surface area contributed by atoms with E-state index >= 15 is 0 Å². The summed E-state index contributed by atoms with van der Waals surface area (Å²) in [6, 6.07) is 14.1. The van der Waals surface area contributed by atoms with Gasteiger partial charge in [0.2, 0.25) is 0 Å². The monoisotopic (exact) mass is 338 g/mol. The normalized spacial score (nSPS) is 11.3. The molecule has 2 aromatic heterocycles. The highest BCUT2D eigenvalue weighted by atomic mass is 32.1. The summed E-state index contributed by atoms with van der Waals surface area (Å²) in [5.41, 5.74) is 2.48. The number of thiazole rings is 1. The molecular formula is C18H14N2OS2. The zero-order chi connectivity index (χ0) is 16.2. The Morgan fingerprint density at radius 1 is 1.22 bits per heavy atom. The largest absolute Gasteiger partial charge is 0.497 e. The van der Waals surface area contributed by atoms with Crippen LogP contribution in [0.3, 0.4) is 0 Å². The van der Waals surface area contributed by atoms with Crippen molar-refractivity contribution in [3.8, 4) is 23.1 Å². The van der Waals surface area contributed by atoms with Crippen LogP contribution < -0.4 is 4.74 Å². The number of methoxy groups -OCH3 is 1. The number of thiophene rings is 1. The van der Waals surface area contributed by atoms with E-state index in [0.717, 1.165) is 26.9 Å². The Labute approximate surface area is 143 Å². The average molecular weight is 338 g/mol. The molecule has 0 saturated heterocycles. The lowest BCUT2D eigenvalue weighted by atomic mass is 10.1. The molecule has 0 N–H and O–H groups in total. The molecule has 0 amide bonds. The van der Waals surface area contributed by atoms with Gasteiger partial charge in [0, 0.05) is 20.7 Å². The van der Waals surface area contributed by atoms with Gasteiger partial charge in [0.05, 0.1) is 18.4 Å². The molecule has 0 radical (unpaired) electrons. The van der Waals surface area contributed by atoms with Crippen LogP contribution in [-0.2, 0) is 0 Å². The minimum atomic E-state index is 0.594. The second-order valence-electron chi connectivity index (χ2n) is 4.88. The number of hydrogen-bond acceptors (Lipinski definition) is 5. The van der Waals surface area contributed by atoms with E-state index in [9.17, 15) is 5.26 Å². The number of nitriles is 1. The van der Waals surface area contributed by atoms with Crippen molar-refractivity contribution in [3.63, 3.8) is 0 Å².